The molecule has 0 amide bonds. The summed E-state index contributed by atoms with van der Waals surface area (Å²) in [6, 6.07) is 10.00. The van der Waals surface area contributed by atoms with Gasteiger partial charge in [-0.25, -0.2) is 0 Å². The lowest BCUT2D eigenvalue weighted by atomic mass is 10.1. The summed E-state index contributed by atoms with van der Waals surface area (Å²) in [5, 5.41) is 4.96. The van der Waals surface area contributed by atoms with Crippen LogP contribution < -0.4 is 11.6 Å². The standard InChI is InChI=1S/C11H12N4S/c12-11(15-13)16-7-8-5-6-14-10-4-2-1-3-9(8)10/h1-6H,7,13H2,(H2,12,15). The number of rotatable bonds is 2. The summed E-state index contributed by atoms with van der Waals surface area (Å²) in [5.74, 6) is 5.82. The monoisotopic (exact) mass is 232 g/mol. The van der Waals surface area contributed by atoms with Crippen LogP contribution in [0.25, 0.3) is 10.9 Å². The molecule has 0 saturated carbocycles. The first-order valence-electron chi connectivity index (χ1n) is 4.80. The fourth-order valence-corrected chi connectivity index (χ4v) is 2.10. The molecule has 4 nitrogen and oxygen atoms in total. The SMILES string of the molecule is NN=C(N)SCc1ccnc2ccccc12. The quantitative estimate of drug-likeness (QED) is 0.357. The van der Waals surface area contributed by atoms with Crippen LogP contribution in [0.4, 0.5) is 0 Å². The van der Waals surface area contributed by atoms with Crippen molar-refractivity contribution in [1.29, 1.82) is 0 Å². The van der Waals surface area contributed by atoms with Gasteiger partial charge in [-0.2, -0.15) is 5.10 Å². The van der Waals surface area contributed by atoms with Crippen molar-refractivity contribution in [2.45, 2.75) is 5.75 Å². The second kappa shape index (κ2) is 4.85. The Bertz CT molecular complexity index is 519. The first-order valence-corrected chi connectivity index (χ1v) is 5.78. The van der Waals surface area contributed by atoms with E-state index in [1.165, 1.54) is 17.3 Å². The first kappa shape index (κ1) is 10.8. The van der Waals surface area contributed by atoms with Crippen molar-refractivity contribution in [3.8, 4) is 0 Å². The maximum Gasteiger partial charge on any atom is 0.177 e. The molecule has 16 heavy (non-hydrogen) atoms. The van der Waals surface area contributed by atoms with E-state index in [1.807, 2.05) is 30.3 Å². The Labute approximate surface area is 97.7 Å². The van der Waals surface area contributed by atoms with Crippen LogP contribution in [0.5, 0.6) is 0 Å². The Morgan fingerprint density at radius 2 is 2.12 bits per heavy atom. The topological polar surface area (TPSA) is 77.3 Å². The number of hydrazone groups is 1. The highest BCUT2D eigenvalue weighted by Crippen LogP contribution is 2.20. The molecule has 5 heteroatoms. The lowest BCUT2D eigenvalue weighted by Gasteiger charge is -2.04. The van der Waals surface area contributed by atoms with E-state index in [0.29, 0.717) is 5.17 Å². The highest BCUT2D eigenvalue weighted by atomic mass is 32.2. The van der Waals surface area contributed by atoms with Gasteiger partial charge >= 0.3 is 0 Å². The van der Waals surface area contributed by atoms with Crippen LogP contribution >= 0.6 is 11.8 Å². The molecule has 0 aliphatic heterocycles. The lowest BCUT2D eigenvalue weighted by molar-refractivity contribution is 1.25. The summed E-state index contributed by atoms with van der Waals surface area (Å²) in [6.07, 6.45) is 1.80. The maximum atomic E-state index is 5.54. The molecule has 0 bridgehead atoms. The molecule has 82 valence electrons. The fraction of sp³-hybridized carbons (Fsp3) is 0.0909. The van der Waals surface area contributed by atoms with Gasteiger partial charge in [-0.3, -0.25) is 4.98 Å². The third-order valence-electron chi connectivity index (χ3n) is 2.24. The van der Waals surface area contributed by atoms with Crippen molar-refractivity contribution in [1.82, 2.24) is 4.98 Å². The summed E-state index contributed by atoms with van der Waals surface area (Å²) in [4.78, 5) is 4.29. The number of thioether (sulfide) groups is 1. The molecule has 0 aliphatic carbocycles. The number of pyridine rings is 1. The molecule has 0 atom stereocenters. The number of amidine groups is 1. The van der Waals surface area contributed by atoms with Crippen molar-refractivity contribution in [3.63, 3.8) is 0 Å². The van der Waals surface area contributed by atoms with E-state index < -0.39 is 0 Å². The van der Waals surface area contributed by atoms with E-state index in [-0.39, 0.29) is 0 Å². The zero-order valence-electron chi connectivity index (χ0n) is 8.63. The Hall–Kier alpha value is -1.75. The molecule has 4 N–H and O–H groups in total. The molecule has 0 unspecified atom stereocenters. The van der Waals surface area contributed by atoms with Gasteiger partial charge in [-0.05, 0) is 17.7 Å². The smallest absolute Gasteiger partial charge is 0.177 e. The third kappa shape index (κ3) is 2.25. The Balaban J connectivity index is 2.30. The Kier molecular flexibility index (Phi) is 3.26. The Morgan fingerprint density at radius 3 is 2.94 bits per heavy atom. The van der Waals surface area contributed by atoms with Gasteiger partial charge in [0.2, 0.25) is 0 Å². The second-order valence-electron chi connectivity index (χ2n) is 3.24. The van der Waals surface area contributed by atoms with E-state index in [2.05, 4.69) is 10.1 Å². The summed E-state index contributed by atoms with van der Waals surface area (Å²) >= 11 is 1.42. The highest BCUT2D eigenvalue weighted by Gasteiger charge is 2.02. The molecule has 0 saturated heterocycles. The average molecular weight is 232 g/mol. The largest absolute Gasteiger partial charge is 0.377 e. The van der Waals surface area contributed by atoms with E-state index in [1.54, 1.807) is 6.20 Å². The number of nitrogens with two attached hydrogens (primary N) is 2. The van der Waals surface area contributed by atoms with Gasteiger partial charge in [0.1, 0.15) is 0 Å². The van der Waals surface area contributed by atoms with Crippen molar-refractivity contribution >= 4 is 27.8 Å². The summed E-state index contributed by atoms with van der Waals surface area (Å²) in [6.45, 7) is 0. The van der Waals surface area contributed by atoms with Crippen LogP contribution in [0.15, 0.2) is 41.6 Å². The van der Waals surface area contributed by atoms with Crippen molar-refractivity contribution < 1.29 is 0 Å². The van der Waals surface area contributed by atoms with Gasteiger partial charge < -0.3 is 11.6 Å². The van der Waals surface area contributed by atoms with Crippen LogP contribution in [0.3, 0.4) is 0 Å². The number of hydrogen-bond donors (Lipinski definition) is 2. The maximum absolute atomic E-state index is 5.54. The fourth-order valence-electron chi connectivity index (χ4n) is 1.47. The number of hydrogen-bond acceptors (Lipinski definition) is 4. The zero-order valence-corrected chi connectivity index (χ0v) is 9.45. The van der Waals surface area contributed by atoms with E-state index in [4.69, 9.17) is 11.6 Å². The molecular formula is C11H12N4S. The zero-order chi connectivity index (χ0) is 11.4. The molecular weight excluding hydrogens is 220 g/mol. The van der Waals surface area contributed by atoms with Gasteiger partial charge in [0, 0.05) is 17.3 Å². The van der Waals surface area contributed by atoms with Gasteiger partial charge in [0.15, 0.2) is 5.17 Å². The number of benzene rings is 1. The molecule has 0 fully saturated rings. The molecule has 1 heterocycles. The van der Waals surface area contributed by atoms with Crippen LogP contribution in [0.1, 0.15) is 5.56 Å². The average Bonchev–Trinajstić information content (AvgIpc) is 2.35. The molecule has 0 spiro atoms. The van der Waals surface area contributed by atoms with Crippen molar-refractivity contribution in [3.05, 3.63) is 42.1 Å². The predicted octanol–water partition coefficient (Wildman–Crippen LogP) is 1.66. The van der Waals surface area contributed by atoms with E-state index in [9.17, 15) is 0 Å². The van der Waals surface area contributed by atoms with Crippen LogP contribution in [-0.4, -0.2) is 10.2 Å². The molecule has 1 aromatic heterocycles. The minimum Gasteiger partial charge on any atom is -0.377 e. The number of fused-ring (bicyclic) bond motifs is 1. The lowest BCUT2D eigenvalue weighted by Crippen LogP contribution is -2.09. The molecule has 0 radical (unpaired) electrons. The van der Waals surface area contributed by atoms with Crippen molar-refractivity contribution in [2.75, 3.05) is 0 Å². The normalized spacial score (nSPS) is 11.9. The Morgan fingerprint density at radius 1 is 1.31 bits per heavy atom. The molecule has 0 aliphatic rings. The second-order valence-corrected chi connectivity index (χ2v) is 4.24. The van der Waals surface area contributed by atoms with Crippen LogP contribution in [0.2, 0.25) is 0 Å². The van der Waals surface area contributed by atoms with Gasteiger partial charge in [-0.1, -0.05) is 30.0 Å². The third-order valence-corrected chi connectivity index (χ3v) is 3.10. The number of para-hydroxylation sites is 1. The molecule has 1 aromatic carbocycles. The first-order chi connectivity index (χ1) is 7.81. The number of aromatic nitrogens is 1. The molecule has 2 rings (SSSR count). The van der Waals surface area contributed by atoms with E-state index >= 15 is 0 Å². The van der Waals surface area contributed by atoms with Crippen LogP contribution in [-0.2, 0) is 5.75 Å². The summed E-state index contributed by atoms with van der Waals surface area (Å²) < 4.78 is 0. The highest BCUT2D eigenvalue weighted by molar-refractivity contribution is 8.13. The van der Waals surface area contributed by atoms with Crippen LogP contribution in [0, 0.1) is 0 Å². The van der Waals surface area contributed by atoms with Gasteiger partial charge in [0.25, 0.3) is 0 Å². The number of nitrogens with zero attached hydrogens (tertiary/aromatic N) is 2. The minimum atomic E-state index is 0.390. The summed E-state index contributed by atoms with van der Waals surface area (Å²) in [7, 11) is 0. The minimum absolute atomic E-state index is 0.390. The summed E-state index contributed by atoms with van der Waals surface area (Å²) in [5.41, 5.74) is 7.71. The molecule has 2 aromatic rings. The van der Waals surface area contributed by atoms with Crippen molar-refractivity contribution in [2.24, 2.45) is 16.7 Å². The van der Waals surface area contributed by atoms with Gasteiger partial charge in [-0.15, -0.1) is 0 Å². The van der Waals surface area contributed by atoms with E-state index in [0.717, 1.165) is 16.7 Å². The van der Waals surface area contributed by atoms with Gasteiger partial charge in [0.05, 0.1) is 5.52 Å². The predicted molar refractivity (Wildman–Crippen MR) is 68.8 cm³/mol.